The van der Waals surface area contributed by atoms with Crippen molar-refractivity contribution in [3.05, 3.63) is 70.6 Å². The van der Waals surface area contributed by atoms with Gasteiger partial charge in [0.25, 0.3) is 11.8 Å². The smallest absolute Gasteiger partial charge is 0.268 e. The van der Waals surface area contributed by atoms with E-state index in [1.165, 1.54) is 17.4 Å². The lowest BCUT2D eigenvalue weighted by Gasteiger charge is -2.03. The van der Waals surface area contributed by atoms with Gasteiger partial charge in [0.15, 0.2) is 0 Å². The Hall–Kier alpha value is -2.99. The van der Waals surface area contributed by atoms with Crippen LogP contribution in [0.3, 0.4) is 0 Å². The quantitative estimate of drug-likeness (QED) is 0.575. The SMILES string of the molecule is O=C(/C=C/c1cccc2cccnc12)NNC(=O)c1cccs1. The third-order valence-electron chi connectivity index (χ3n) is 3.12. The maximum absolute atomic E-state index is 11.8. The van der Waals surface area contributed by atoms with Crippen LogP contribution in [0.2, 0.25) is 0 Å². The average Bonchev–Trinajstić information content (AvgIpc) is 3.12. The van der Waals surface area contributed by atoms with E-state index in [0.29, 0.717) is 4.88 Å². The third kappa shape index (κ3) is 3.61. The number of amides is 2. The molecule has 0 atom stereocenters. The lowest BCUT2D eigenvalue weighted by Crippen LogP contribution is -2.40. The van der Waals surface area contributed by atoms with E-state index in [0.717, 1.165) is 16.5 Å². The fourth-order valence-corrected chi connectivity index (χ4v) is 2.68. The molecule has 0 aliphatic rings. The van der Waals surface area contributed by atoms with Crippen molar-refractivity contribution in [1.82, 2.24) is 15.8 Å². The first-order valence-corrected chi connectivity index (χ1v) is 7.77. The molecule has 2 N–H and O–H groups in total. The van der Waals surface area contributed by atoms with E-state index in [2.05, 4.69) is 15.8 Å². The first kappa shape index (κ1) is 14.9. The van der Waals surface area contributed by atoms with E-state index in [9.17, 15) is 9.59 Å². The first-order valence-electron chi connectivity index (χ1n) is 6.90. The van der Waals surface area contributed by atoms with Crippen molar-refractivity contribution in [3.63, 3.8) is 0 Å². The molecule has 114 valence electrons. The minimum atomic E-state index is -0.414. The number of benzene rings is 1. The number of thiophene rings is 1. The molecule has 2 aromatic heterocycles. The Morgan fingerprint density at radius 1 is 1.04 bits per heavy atom. The molecule has 0 spiro atoms. The van der Waals surface area contributed by atoms with Crippen molar-refractivity contribution in [2.45, 2.75) is 0 Å². The van der Waals surface area contributed by atoms with Gasteiger partial charge in [0.05, 0.1) is 10.4 Å². The number of carbonyl (C=O) groups is 2. The van der Waals surface area contributed by atoms with Crippen LogP contribution in [0.4, 0.5) is 0 Å². The fraction of sp³-hybridized carbons (Fsp3) is 0. The molecule has 0 saturated carbocycles. The first-order chi connectivity index (χ1) is 11.2. The molecule has 3 aromatic rings. The third-order valence-corrected chi connectivity index (χ3v) is 3.99. The summed E-state index contributed by atoms with van der Waals surface area (Å²) in [4.78, 5) is 28.4. The highest BCUT2D eigenvalue weighted by molar-refractivity contribution is 7.12. The summed E-state index contributed by atoms with van der Waals surface area (Å²) in [5, 5.41) is 2.80. The van der Waals surface area contributed by atoms with Gasteiger partial charge in [-0.05, 0) is 23.6 Å². The number of fused-ring (bicyclic) bond motifs is 1. The normalized spacial score (nSPS) is 10.8. The predicted molar refractivity (Wildman–Crippen MR) is 90.7 cm³/mol. The molecule has 0 radical (unpaired) electrons. The van der Waals surface area contributed by atoms with Crippen LogP contribution in [-0.2, 0) is 4.79 Å². The van der Waals surface area contributed by atoms with Crippen LogP contribution in [0.1, 0.15) is 15.2 Å². The van der Waals surface area contributed by atoms with Gasteiger partial charge in [-0.3, -0.25) is 25.4 Å². The highest BCUT2D eigenvalue weighted by Crippen LogP contribution is 2.16. The van der Waals surface area contributed by atoms with Gasteiger partial charge in [-0.15, -0.1) is 11.3 Å². The predicted octanol–water partition coefficient (Wildman–Crippen LogP) is 2.77. The summed E-state index contributed by atoms with van der Waals surface area (Å²) >= 11 is 1.30. The highest BCUT2D eigenvalue weighted by atomic mass is 32.1. The maximum Gasteiger partial charge on any atom is 0.279 e. The Bertz CT molecular complexity index is 867. The second kappa shape index (κ2) is 6.85. The van der Waals surface area contributed by atoms with Crippen LogP contribution in [0.25, 0.3) is 17.0 Å². The van der Waals surface area contributed by atoms with Crippen LogP contribution in [0.15, 0.2) is 60.1 Å². The number of nitrogens with one attached hydrogen (secondary N) is 2. The van der Waals surface area contributed by atoms with Crippen LogP contribution in [0.5, 0.6) is 0 Å². The highest BCUT2D eigenvalue weighted by Gasteiger charge is 2.06. The van der Waals surface area contributed by atoms with E-state index in [1.807, 2.05) is 30.3 Å². The number of para-hydroxylation sites is 1. The zero-order valence-corrected chi connectivity index (χ0v) is 12.8. The Balaban J connectivity index is 1.65. The van der Waals surface area contributed by atoms with Crippen molar-refractivity contribution >= 4 is 40.1 Å². The monoisotopic (exact) mass is 323 g/mol. The molecule has 0 bridgehead atoms. The molecule has 2 amide bonds. The molecule has 0 aliphatic carbocycles. The Kier molecular flexibility index (Phi) is 4.44. The maximum atomic E-state index is 11.8. The van der Waals surface area contributed by atoms with E-state index in [4.69, 9.17) is 0 Å². The molecular weight excluding hydrogens is 310 g/mol. The number of nitrogens with zero attached hydrogens (tertiary/aromatic N) is 1. The summed E-state index contributed by atoms with van der Waals surface area (Å²) < 4.78 is 0. The largest absolute Gasteiger partial charge is 0.279 e. The molecule has 5 nitrogen and oxygen atoms in total. The molecular formula is C17H13N3O2S. The van der Waals surface area contributed by atoms with Gasteiger partial charge in [-0.25, -0.2) is 0 Å². The van der Waals surface area contributed by atoms with Gasteiger partial charge in [-0.1, -0.05) is 30.3 Å². The number of hydrogen-bond donors (Lipinski definition) is 2. The topological polar surface area (TPSA) is 71.1 Å². The van der Waals surface area contributed by atoms with Crippen molar-refractivity contribution in [2.24, 2.45) is 0 Å². The zero-order chi connectivity index (χ0) is 16.1. The Morgan fingerprint density at radius 2 is 1.91 bits per heavy atom. The molecule has 23 heavy (non-hydrogen) atoms. The number of hydrogen-bond acceptors (Lipinski definition) is 4. The molecule has 0 aliphatic heterocycles. The Morgan fingerprint density at radius 3 is 2.74 bits per heavy atom. The van der Waals surface area contributed by atoms with Crippen LogP contribution >= 0.6 is 11.3 Å². The lowest BCUT2D eigenvalue weighted by molar-refractivity contribution is -0.117. The number of pyridine rings is 1. The minimum absolute atomic E-state index is 0.339. The Labute approximate surface area is 136 Å². The summed E-state index contributed by atoms with van der Waals surface area (Å²) in [5.41, 5.74) is 6.37. The van der Waals surface area contributed by atoms with Gasteiger partial charge >= 0.3 is 0 Å². The summed E-state index contributed by atoms with van der Waals surface area (Å²) in [7, 11) is 0. The average molecular weight is 323 g/mol. The summed E-state index contributed by atoms with van der Waals surface area (Å²) in [6.07, 6.45) is 4.74. The lowest BCUT2D eigenvalue weighted by atomic mass is 10.1. The van der Waals surface area contributed by atoms with E-state index in [1.54, 1.807) is 29.8 Å². The number of rotatable bonds is 3. The van der Waals surface area contributed by atoms with E-state index >= 15 is 0 Å². The summed E-state index contributed by atoms with van der Waals surface area (Å²) in [6, 6.07) is 13.0. The summed E-state index contributed by atoms with van der Waals surface area (Å²) in [5.74, 6) is -0.753. The van der Waals surface area contributed by atoms with Crippen molar-refractivity contribution < 1.29 is 9.59 Å². The van der Waals surface area contributed by atoms with Gasteiger partial charge in [0.2, 0.25) is 0 Å². The molecule has 0 unspecified atom stereocenters. The van der Waals surface area contributed by atoms with Crippen molar-refractivity contribution in [3.8, 4) is 0 Å². The standard InChI is InChI=1S/C17H13N3O2S/c21-15(19-20-17(22)14-7-3-11-23-14)9-8-13-5-1-4-12-6-2-10-18-16(12)13/h1-11H,(H,19,21)(H,20,22)/b9-8+. The second-order valence-corrected chi connectivity index (χ2v) is 5.62. The number of hydrazine groups is 1. The van der Waals surface area contributed by atoms with E-state index in [-0.39, 0.29) is 5.91 Å². The molecule has 0 fully saturated rings. The van der Waals surface area contributed by atoms with Crippen LogP contribution in [-0.4, -0.2) is 16.8 Å². The fourth-order valence-electron chi connectivity index (χ4n) is 2.06. The number of aromatic nitrogens is 1. The zero-order valence-electron chi connectivity index (χ0n) is 12.0. The molecule has 3 rings (SSSR count). The summed E-state index contributed by atoms with van der Waals surface area (Å²) in [6.45, 7) is 0. The number of carbonyl (C=O) groups excluding carboxylic acids is 2. The van der Waals surface area contributed by atoms with Gasteiger partial charge in [0, 0.05) is 23.2 Å². The minimum Gasteiger partial charge on any atom is -0.268 e. The molecule has 6 heteroatoms. The van der Waals surface area contributed by atoms with Crippen LogP contribution < -0.4 is 10.9 Å². The molecule has 0 saturated heterocycles. The van der Waals surface area contributed by atoms with E-state index < -0.39 is 5.91 Å². The van der Waals surface area contributed by atoms with Gasteiger partial charge in [-0.2, -0.15) is 0 Å². The van der Waals surface area contributed by atoms with Gasteiger partial charge in [0.1, 0.15) is 0 Å². The molecule has 1 aromatic carbocycles. The molecule has 2 heterocycles. The van der Waals surface area contributed by atoms with Crippen molar-refractivity contribution in [1.29, 1.82) is 0 Å². The van der Waals surface area contributed by atoms with Gasteiger partial charge < -0.3 is 0 Å². The van der Waals surface area contributed by atoms with Crippen molar-refractivity contribution in [2.75, 3.05) is 0 Å². The van der Waals surface area contributed by atoms with Crippen LogP contribution in [0, 0.1) is 0 Å². The second-order valence-electron chi connectivity index (χ2n) is 4.68.